The van der Waals surface area contributed by atoms with Crippen molar-refractivity contribution in [1.82, 2.24) is 15.2 Å². The molecule has 1 saturated heterocycles. The number of hydrogen-bond donors (Lipinski definition) is 3. The first-order chi connectivity index (χ1) is 24.8. The Morgan fingerprint density at radius 1 is 0.600 bits per heavy atom. The maximum atomic E-state index is 4.00. The fraction of sp³-hybridized carbons (Fsp3) is 0.156. The molecule has 3 heterocycles. The molecule has 1 aliphatic heterocycles. The lowest BCUT2D eigenvalue weighted by atomic mass is 9.98. The molecule has 5 heteroatoms. The van der Waals surface area contributed by atoms with Gasteiger partial charge in [0.1, 0.15) is 0 Å². The van der Waals surface area contributed by atoms with Gasteiger partial charge in [-0.05, 0) is 101 Å². The van der Waals surface area contributed by atoms with Gasteiger partial charge < -0.3 is 9.88 Å². The molecule has 50 heavy (non-hydrogen) atoms. The number of allylic oxidation sites excluding steroid dienone is 2. The van der Waals surface area contributed by atoms with Gasteiger partial charge >= 0.3 is 0 Å². The molecule has 7 aromatic rings. The van der Waals surface area contributed by atoms with Crippen molar-refractivity contribution in [3.63, 3.8) is 0 Å². The first-order valence-electron chi connectivity index (χ1n) is 17.9. The third-order valence-electron chi connectivity index (χ3n) is 10.8. The molecule has 4 N–H and O–H groups in total. The second-order valence-electron chi connectivity index (χ2n) is 13.8. The molecule has 2 aromatic heterocycles. The van der Waals surface area contributed by atoms with Crippen molar-refractivity contribution in [3.05, 3.63) is 172 Å². The highest BCUT2D eigenvalue weighted by atomic mass is 32.1. The number of nitrogens with two attached hydrogens (primary N) is 1. The first-order valence-corrected chi connectivity index (χ1v) is 18.7. The molecule has 1 fully saturated rings. The van der Waals surface area contributed by atoms with E-state index in [-0.39, 0.29) is 18.5 Å². The van der Waals surface area contributed by atoms with Gasteiger partial charge in [0.15, 0.2) is 12.3 Å². The van der Waals surface area contributed by atoms with Crippen molar-refractivity contribution in [3.8, 4) is 16.8 Å². The van der Waals surface area contributed by atoms with Gasteiger partial charge in [-0.25, -0.2) is 10.6 Å². The van der Waals surface area contributed by atoms with Crippen LogP contribution in [0.5, 0.6) is 0 Å². The van der Waals surface area contributed by atoms with Crippen LogP contribution in [0, 0.1) is 0 Å². The number of fused-ring (bicyclic) bond motifs is 6. The van der Waals surface area contributed by atoms with Crippen molar-refractivity contribution in [2.75, 3.05) is 0 Å². The summed E-state index contributed by atoms with van der Waals surface area (Å²) in [6.45, 7) is 0. The fourth-order valence-corrected chi connectivity index (χ4v) is 9.55. The highest BCUT2D eigenvalue weighted by Crippen LogP contribution is 2.42. The van der Waals surface area contributed by atoms with E-state index in [9.17, 15) is 0 Å². The predicted octanol–water partition coefficient (Wildman–Crippen LogP) is 9.58. The topological polar surface area (TPSA) is 45.6 Å². The Hall–Kier alpha value is -5.04. The van der Waals surface area contributed by atoms with Crippen LogP contribution in [0.2, 0.25) is 0 Å². The number of aromatic nitrogens is 1. The summed E-state index contributed by atoms with van der Waals surface area (Å²) in [5, 5.41) is 13.2. The van der Waals surface area contributed by atoms with E-state index in [2.05, 4.69) is 166 Å². The van der Waals surface area contributed by atoms with Crippen LogP contribution in [0.25, 0.3) is 50.0 Å². The standard InChI is InChI=1S/C45H38N4S/c1-3-13-29(14-4-1)31-17-11-18-32(25-31)44-46-43(30-15-5-2-6-16-30)47-45(48-44)33-19-12-20-34(26-33)49-39-23-9-7-21-35(39)37-28-42-38(27-40(37)49)36-22-8-10-24-41(36)50-42/h1-6,9-20,23-28,43-48H,7-8,21-22H2/p+1. The normalized spacial score (nSPS) is 19.9. The molecule has 4 nitrogen and oxygen atoms in total. The average molecular weight is 668 g/mol. The van der Waals surface area contributed by atoms with E-state index in [0.717, 1.165) is 25.7 Å². The molecule has 244 valence electrons. The lowest BCUT2D eigenvalue weighted by Gasteiger charge is -2.36. The van der Waals surface area contributed by atoms with Gasteiger partial charge in [-0.1, -0.05) is 103 Å². The zero-order valence-electron chi connectivity index (χ0n) is 27.8. The summed E-state index contributed by atoms with van der Waals surface area (Å²) in [6.07, 6.45) is 13.9. The Labute approximate surface area is 296 Å². The summed E-state index contributed by atoms with van der Waals surface area (Å²) in [4.78, 5) is 1.43. The van der Waals surface area contributed by atoms with Crippen LogP contribution >= 0.6 is 11.3 Å². The fourth-order valence-electron chi connectivity index (χ4n) is 8.34. The summed E-state index contributed by atoms with van der Waals surface area (Å²) >= 11 is 1.95. The lowest BCUT2D eigenvalue weighted by Crippen LogP contribution is -2.94. The van der Waals surface area contributed by atoms with Crippen molar-refractivity contribution >= 4 is 44.5 Å². The van der Waals surface area contributed by atoms with Gasteiger partial charge in [0.25, 0.3) is 0 Å². The highest BCUT2D eigenvalue weighted by Gasteiger charge is 2.33. The van der Waals surface area contributed by atoms with Crippen molar-refractivity contribution < 1.29 is 5.32 Å². The maximum Gasteiger partial charge on any atom is 0.169 e. The summed E-state index contributed by atoms with van der Waals surface area (Å²) in [7, 11) is 0. The molecular weight excluding hydrogens is 629 g/mol. The smallest absolute Gasteiger partial charge is 0.169 e. The average Bonchev–Trinajstić information content (AvgIpc) is 3.72. The zero-order chi connectivity index (χ0) is 33.0. The number of quaternary nitrogens is 1. The Morgan fingerprint density at radius 3 is 2.16 bits per heavy atom. The van der Waals surface area contributed by atoms with Crippen LogP contribution in [0.4, 0.5) is 0 Å². The van der Waals surface area contributed by atoms with Crippen LogP contribution in [0.1, 0.15) is 69.7 Å². The monoisotopic (exact) mass is 667 g/mol. The van der Waals surface area contributed by atoms with E-state index < -0.39 is 0 Å². The Kier molecular flexibility index (Phi) is 7.39. The molecule has 2 aliphatic carbocycles. The van der Waals surface area contributed by atoms with Crippen LogP contribution in [-0.4, -0.2) is 4.57 Å². The van der Waals surface area contributed by atoms with Gasteiger partial charge in [0.05, 0.1) is 11.7 Å². The number of nitrogens with zero attached hydrogens (tertiary/aromatic N) is 1. The van der Waals surface area contributed by atoms with E-state index in [1.54, 1.807) is 0 Å². The number of thiophene rings is 1. The van der Waals surface area contributed by atoms with E-state index in [0.29, 0.717) is 0 Å². The number of aryl methyl sites for hydroxylation is 2. The third kappa shape index (κ3) is 5.17. The van der Waals surface area contributed by atoms with Crippen LogP contribution in [0.3, 0.4) is 0 Å². The second kappa shape index (κ2) is 12.4. The molecule has 3 aliphatic rings. The van der Waals surface area contributed by atoms with Crippen molar-refractivity contribution in [1.29, 1.82) is 0 Å². The van der Waals surface area contributed by atoms with Gasteiger partial charge in [-0.15, -0.1) is 11.3 Å². The van der Waals surface area contributed by atoms with E-state index >= 15 is 0 Å². The SMILES string of the molecule is C1=Cc2sc3cc4c5c(n(-c6cccc(C7NC(c8ccccc8)[NH2+]C(c8cccc(-c9ccccc9)c8)N7)c6)c4cc3c2CC1)C=CCC5. The molecule has 0 amide bonds. The summed E-state index contributed by atoms with van der Waals surface area (Å²) in [5.74, 6) is 0. The predicted molar refractivity (Wildman–Crippen MR) is 208 cm³/mol. The lowest BCUT2D eigenvalue weighted by molar-refractivity contribution is -0.755. The van der Waals surface area contributed by atoms with Crippen LogP contribution in [-0.2, 0) is 12.8 Å². The van der Waals surface area contributed by atoms with Crippen molar-refractivity contribution in [2.24, 2.45) is 0 Å². The second-order valence-corrected chi connectivity index (χ2v) is 14.9. The van der Waals surface area contributed by atoms with E-state index in [1.807, 2.05) is 11.3 Å². The van der Waals surface area contributed by atoms with Crippen LogP contribution < -0.4 is 16.0 Å². The number of rotatable bonds is 5. The summed E-state index contributed by atoms with van der Waals surface area (Å²) in [5.41, 5.74) is 13.1. The Balaban J connectivity index is 1.07. The Morgan fingerprint density at radius 2 is 1.30 bits per heavy atom. The van der Waals surface area contributed by atoms with Gasteiger partial charge in [-0.3, -0.25) is 0 Å². The van der Waals surface area contributed by atoms with Crippen molar-refractivity contribution in [2.45, 2.75) is 44.2 Å². The molecule has 3 unspecified atom stereocenters. The minimum absolute atomic E-state index is 0.0499. The minimum atomic E-state index is -0.0499. The summed E-state index contributed by atoms with van der Waals surface area (Å²) in [6, 6.07) is 44.7. The number of benzene rings is 5. The molecule has 5 aromatic carbocycles. The quantitative estimate of drug-likeness (QED) is 0.171. The van der Waals surface area contributed by atoms with E-state index in [4.69, 9.17) is 0 Å². The largest absolute Gasteiger partial charge is 0.310 e. The van der Waals surface area contributed by atoms with Crippen LogP contribution in [0.15, 0.2) is 133 Å². The van der Waals surface area contributed by atoms with Gasteiger partial charge in [0, 0.05) is 37.5 Å². The molecule has 3 atom stereocenters. The maximum absolute atomic E-state index is 4.00. The molecule has 0 radical (unpaired) electrons. The molecule has 0 spiro atoms. The van der Waals surface area contributed by atoms with E-state index in [1.165, 1.54) is 76.2 Å². The molecule has 10 rings (SSSR count). The number of hydrogen-bond acceptors (Lipinski definition) is 3. The first kappa shape index (κ1) is 29.8. The molecular formula is C45H39N4S+. The van der Waals surface area contributed by atoms with Gasteiger partial charge in [-0.2, -0.15) is 0 Å². The third-order valence-corrected chi connectivity index (χ3v) is 11.9. The number of nitrogens with one attached hydrogen (secondary N) is 2. The minimum Gasteiger partial charge on any atom is -0.310 e. The van der Waals surface area contributed by atoms with Gasteiger partial charge in [0.2, 0.25) is 0 Å². The zero-order valence-corrected chi connectivity index (χ0v) is 28.7. The summed E-state index contributed by atoms with van der Waals surface area (Å²) < 4.78 is 3.94. The Bertz CT molecular complexity index is 2430. The highest BCUT2D eigenvalue weighted by molar-refractivity contribution is 7.20. The molecule has 0 saturated carbocycles. The molecule has 0 bridgehead atoms.